The first-order valence-corrected chi connectivity index (χ1v) is 13.6. The van der Waals surface area contributed by atoms with Crippen LogP contribution in [-0.4, -0.2) is 6.61 Å². The summed E-state index contributed by atoms with van der Waals surface area (Å²) in [5.41, 5.74) is 2.97. The van der Waals surface area contributed by atoms with Gasteiger partial charge in [-0.3, -0.25) is 0 Å². The Morgan fingerprint density at radius 3 is 2.14 bits per heavy atom. The topological polar surface area (TPSA) is 9.23 Å². The lowest BCUT2D eigenvalue weighted by molar-refractivity contribution is 0.302. The standard InChI is InChI=1S/C33H37F3O/c1-3-5-7-8-23-9-11-24(12-10-23)27-17-18-28(30(34)22-27)25-13-15-26(16-14-25)29-19-20-31(33(36)32(29)35)37-21-6-4-2/h4,6,13-20,22-24H,3,5,7-12,21H2,1-2H3/b6-4+. The molecular weight excluding hydrogens is 469 g/mol. The van der Waals surface area contributed by atoms with Crippen LogP contribution in [0.5, 0.6) is 5.75 Å². The van der Waals surface area contributed by atoms with E-state index < -0.39 is 11.6 Å². The Kier molecular flexibility index (Phi) is 9.49. The number of halogens is 3. The van der Waals surface area contributed by atoms with Crippen molar-refractivity contribution in [2.24, 2.45) is 5.92 Å². The quantitative estimate of drug-likeness (QED) is 0.196. The van der Waals surface area contributed by atoms with Gasteiger partial charge in [0.25, 0.3) is 0 Å². The van der Waals surface area contributed by atoms with Crippen molar-refractivity contribution in [1.82, 2.24) is 0 Å². The summed E-state index contributed by atoms with van der Waals surface area (Å²) in [4.78, 5) is 0. The van der Waals surface area contributed by atoms with Crippen molar-refractivity contribution in [1.29, 1.82) is 0 Å². The van der Waals surface area contributed by atoms with Gasteiger partial charge in [-0.15, -0.1) is 0 Å². The van der Waals surface area contributed by atoms with Gasteiger partial charge in [-0.05, 0) is 79.3 Å². The fourth-order valence-electron chi connectivity index (χ4n) is 5.42. The molecule has 0 aromatic heterocycles. The zero-order valence-corrected chi connectivity index (χ0v) is 21.9. The summed E-state index contributed by atoms with van der Waals surface area (Å²) in [5.74, 6) is -1.08. The molecule has 0 aliphatic heterocycles. The summed E-state index contributed by atoms with van der Waals surface area (Å²) < 4.78 is 49.6. The van der Waals surface area contributed by atoms with Crippen LogP contribution in [0.25, 0.3) is 22.3 Å². The van der Waals surface area contributed by atoms with Crippen molar-refractivity contribution in [3.8, 4) is 28.0 Å². The van der Waals surface area contributed by atoms with E-state index in [2.05, 4.69) is 13.0 Å². The average Bonchev–Trinajstić information content (AvgIpc) is 2.92. The molecule has 3 aromatic carbocycles. The lowest BCUT2D eigenvalue weighted by Gasteiger charge is -2.29. The number of rotatable bonds is 10. The van der Waals surface area contributed by atoms with Gasteiger partial charge in [0.05, 0.1) is 0 Å². The summed E-state index contributed by atoms with van der Waals surface area (Å²) in [6.07, 6.45) is 13.5. The number of hydrogen-bond donors (Lipinski definition) is 0. The van der Waals surface area contributed by atoms with Crippen LogP contribution in [0.1, 0.15) is 76.7 Å². The van der Waals surface area contributed by atoms with Gasteiger partial charge in [0.1, 0.15) is 12.4 Å². The van der Waals surface area contributed by atoms with E-state index in [9.17, 15) is 8.78 Å². The molecule has 0 radical (unpaired) electrons. The van der Waals surface area contributed by atoms with Crippen LogP contribution in [0, 0.1) is 23.4 Å². The van der Waals surface area contributed by atoms with Crippen LogP contribution in [0.2, 0.25) is 0 Å². The number of ether oxygens (including phenoxy) is 1. The third kappa shape index (κ3) is 6.66. The zero-order chi connectivity index (χ0) is 26.2. The highest BCUT2D eigenvalue weighted by molar-refractivity contribution is 5.71. The molecule has 196 valence electrons. The number of unbranched alkanes of at least 4 members (excludes halogenated alkanes) is 2. The van der Waals surface area contributed by atoms with Crippen molar-refractivity contribution in [3.63, 3.8) is 0 Å². The summed E-state index contributed by atoms with van der Waals surface area (Å²) in [7, 11) is 0. The molecule has 0 amide bonds. The van der Waals surface area contributed by atoms with Crippen molar-refractivity contribution < 1.29 is 17.9 Å². The molecule has 1 nitrogen and oxygen atoms in total. The van der Waals surface area contributed by atoms with Gasteiger partial charge in [-0.1, -0.05) is 81.2 Å². The van der Waals surface area contributed by atoms with E-state index in [1.54, 1.807) is 42.5 Å². The normalized spacial score (nSPS) is 17.9. The molecule has 0 spiro atoms. The molecule has 0 unspecified atom stereocenters. The predicted molar refractivity (Wildman–Crippen MR) is 146 cm³/mol. The van der Waals surface area contributed by atoms with Gasteiger partial charge in [-0.25, -0.2) is 8.78 Å². The van der Waals surface area contributed by atoms with Crippen LogP contribution >= 0.6 is 0 Å². The maximum atomic E-state index is 15.2. The Hall–Kier alpha value is -3.01. The molecule has 1 saturated carbocycles. The first-order valence-electron chi connectivity index (χ1n) is 13.6. The first kappa shape index (κ1) is 27.0. The maximum Gasteiger partial charge on any atom is 0.201 e. The Bertz CT molecular complexity index is 1190. The van der Waals surface area contributed by atoms with E-state index in [1.165, 1.54) is 50.7 Å². The predicted octanol–water partition coefficient (Wildman–Crippen LogP) is 10.2. The number of hydrogen-bond acceptors (Lipinski definition) is 1. The molecule has 0 saturated heterocycles. The highest BCUT2D eigenvalue weighted by atomic mass is 19.2. The molecule has 0 bridgehead atoms. The Labute approximate surface area is 219 Å². The van der Waals surface area contributed by atoms with E-state index in [-0.39, 0.29) is 23.7 Å². The van der Waals surface area contributed by atoms with Crippen molar-refractivity contribution >= 4 is 0 Å². The van der Waals surface area contributed by atoms with Crippen LogP contribution in [0.4, 0.5) is 13.2 Å². The zero-order valence-electron chi connectivity index (χ0n) is 21.9. The van der Waals surface area contributed by atoms with E-state index >= 15 is 4.39 Å². The molecule has 0 atom stereocenters. The molecule has 37 heavy (non-hydrogen) atoms. The third-order valence-corrected chi connectivity index (χ3v) is 7.65. The second-order valence-corrected chi connectivity index (χ2v) is 10.1. The summed E-state index contributed by atoms with van der Waals surface area (Å²) in [6.45, 7) is 4.24. The highest BCUT2D eigenvalue weighted by Crippen LogP contribution is 2.39. The highest BCUT2D eigenvalue weighted by Gasteiger charge is 2.23. The second-order valence-electron chi connectivity index (χ2n) is 10.1. The van der Waals surface area contributed by atoms with Gasteiger partial charge < -0.3 is 4.74 Å². The number of allylic oxidation sites excluding steroid dienone is 1. The lowest BCUT2D eigenvalue weighted by Crippen LogP contribution is -2.13. The molecule has 4 heteroatoms. The minimum atomic E-state index is -1.01. The molecule has 0 heterocycles. The van der Waals surface area contributed by atoms with E-state index in [1.807, 2.05) is 13.0 Å². The fourth-order valence-corrected chi connectivity index (χ4v) is 5.42. The minimum Gasteiger partial charge on any atom is -0.486 e. The summed E-state index contributed by atoms with van der Waals surface area (Å²) >= 11 is 0. The summed E-state index contributed by atoms with van der Waals surface area (Å²) in [5, 5.41) is 0. The number of benzene rings is 3. The molecular formula is C33H37F3O. The van der Waals surface area contributed by atoms with Crippen molar-refractivity contribution in [2.75, 3.05) is 6.61 Å². The van der Waals surface area contributed by atoms with Gasteiger partial charge in [0.2, 0.25) is 5.82 Å². The molecule has 1 aliphatic carbocycles. The smallest absolute Gasteiger partial charge is 0.201 e. The Morgan fingerprint density at radius 2 is 1.49 bits per heavy atom. The average molecular weight is 507 g/mol. The monoisotopic (exact) mass is 506 g/mol. The van der Waals surface area contributed by atoms with Crippen LogP contribution in [0.15, 0.2) is 66.7 Å². The third-order valence-electron chi connectivity index (χ3n) is 7.65. The fraction of sp³-hybridized carbons (Fsp3) is 0.394. The van der Waals surface area contributed by atoms with Crippen molar-refractivity contribution in [2.45, 2.75) is 71.1 Å². The Balaban J connectivity index is 1.43. The first-order chi connectivity index (χ1) is 18.0. The largest absolute Gasteiger partial charge is 0.486 e. The van der Waals surface area contributed by atoms with Gasteiger partial charge >= 0.3 is 0 Å². The molecule has 1 fully saturated rings. The van der Waals surface area contributed by atoms with E-state index in [4.69, 9.17) is 4.74 Å². The van der Waals surface area contributed by atoms with Crippen LogP contribution in [0.3, 0.4) is 0 Å². The van der Waals surface area contributed by atoms with Crippen LogP contribution in [-0.2, 0) is 0 Å². The van der Waals surface area contributed by atoms with E-state index in [0.717, 1.165) is 24.3 Å². The lowest BCUT2D eigenvalue weighted by atomic mass is 9.77. The Morgan fingerprint density at radius 1 is 0.811 bits per heavy atom. The van der Waals surface area contributed by atoms with Crippen molar-refractivity contribution in [3.05, 3.63) is 89.8 Å². The second kappa shape index (κ2) is 13.0. The molecule has 0 N–H and O–H groups in total. The molecule has 3 aromatic rings. The molecule has 1 aliphatic rings. The van der Waals surface area contributed by atoms with Gasteiger partial charge in [0.15, 0.2) is 11.6 Å². The summed E-state index contributed by atoms with van der Waals surface area (Å²) in [6, 6.07) is 15.4. The van der Waals surface area contributed by atoms with Gasteiger partial charge in [0, 0.05) is 11.1 Å². The SMILES string of the molecule is C/C=C/COc1ccc(-c2ccc(-c3ccc(C4CCC(CCCCC)CC4)cc3F)cc2)c(F)c1F. The minimum absolute atomic E-state index is 0.122. The van der Waals surface area contributed by atoms with Crippen LogP contribution < -0.4 is 4.74 Å². The van der Waals surface area contributed by atoms with E-state index in [0.29, 0.717) is 22.6 Å². The maximum absolute atomic E-state index is 15.2. The molecule has 4 rings (SSSR count). The van der Waals surface area contributed by atoms with Gasteiger partial charge in [-0.2, -0.15) is 4.39 Å².